The van der Waals surface area contributed by atoms with Crippen molar-refractivity contribution in [2.24, 2.45) is 5.92 Å². The summed E-state index contributed by atoms with van der Waals surface area (Å²) in [6.45, 7) is 2.57. The van der Waals surface area contributed by atoms with Gasteiger partial charge >= 0.3 is 5.97 Å². The van der Waals surface area contributed by atoms with Crippen LogP contribution in [0.25, 0.3) is 11.5 Å². The second-order valence-electron chi connectivity index (χ2n) is 5.63. The van der Waals surface area contributed by atoms with Crippen LogP contribution >= 0.6 is 0 Å². The van der Waals surface area contributed by atoms with Crippen molar-refractivity contribution in [3.05, 3.63) is 35.7 Å². The van der Waals surface area contributed by atoms with E-state index in [0.29, 0.717) is 36.7 Å². The molecule has 0 aliphatic carbocycles. The summed E-state index contributed by atoms with van der Waals surface area (Å²) >= 11 is 0. The van der Waals surface area contributed by atoms with E-state index >= 15 is 0 Å². The lowest BCUT2D eigenvalue weighted by molar-refractivity contribution is -0.143. The van der Waals surface area contributed by atoms with E-state index in [0.717, 1.165) is 5.56 Å². The molecule has 7 heteroatoms. The van der Waals surface area contributed by atoms with E-state index in [1.54, 1.807) is 36.1 Å². The lowest BCUT2D eigenvalue weighted by Gasteiger charge is -2.30. The summed E-state index contributed by atoms with van der Waals surface area (Å²) in [5.74, 6) is -0.583. The van der Waals surface area contributed by atoms with Crippen molar-refractivity contribution in [2.75, 3.05) is 13.1 Å². The summed E-state index contributed by atoms with van der Waals surface area (Å²) < 4.78 is 5.34. The number of nitrogens with zero attached hydrogens (tertiary/aromatic N) is 3. The summed E-state index contributed by atoms with van der Waals surface area (Å²) in [5, 5.41) is 16.8. The standard InChI is InChI=1S/C16H17N3O4/c1-10-17-18-14(23-10)11-4-6-12(7-5-11)15(20)19-8-2-3-13(9-19)16(21)22/h4-7,13H,2-3,8-9H2,1H3,(H,21,22). The molecular formula is C16H17N3O4. The zero-order valence-corrected chi connectivity index (χ0v) is 12.7. The molecule has 2 aromatic rings. The van der Waals surface area contributed by atoms with Gasteiger partial charge in [-0.25, -0.2) is 0 Å². The molecule has 1 aliphatic heterocycles. The third kappa shape index (κ3) is 3.23. The van der Waals surface area contributed by atoms with Crippen LogP contribution in [0, 0.1) is 12.8 Å². The molecule has 0 spiro atoms. The van der Waals surface area contributed by atoms with Crippen LogP contribution in [-0.2, 0) is 4.79 Å². The minimum atomic E-state index is -0.843. The molecule has 0 saturated carbocycles. The number of likely N-dealkylation sites (tertiary alicyclic amines) is 1. The fourth-order valence-electron chi connectivity index (χ4n) is 2.71. The number of carbonyl (C=O) groups is 2. The minimum absolute atomic E-state index is 0.149. The Morgan fingerprint density at radius 3 is 2.61 bits per heavy atom. The number of piperidine rings is 1. The van der Waals surface area contributed by atoms with Gasteiger partial charge in [-0.3, -0.25) is 9.59 Å². The van der Waals surface area contributed by atoms with Crippen molar-refractivity contribution < 1.29 is 19.1 Å². The van der Waals surface area contributed by atoms with E-state index < -0.39 is 11.9 Å². The third-order valence-corrected chi connectivity index (χ3v) is 3.96. The number of hydrogen-bond donors (Lipinski definition) is 1. The number of amides is 1. The molecule has 1 saturated heterocycles. The molecule has 1 fully saturated rings. The average molecular weight is 315 g/mol. The molecule has 23 heavy (non-hydrogen) atoms. The average Bonchev–Trinajstić information content (AvgIpc) is 3.01. The maximum Gasteiger partial charge on any atom is 0.308 e. The molecule has 1 amide bonds. The number of carbonyl (C=O) groups excluding carboxylic acids is 1. The van der Waals surface area contributed by atoms with Gasteiger partial charge in [0.2, 0.25) is 11.8 Å². The molecule has 1 aliphatic rings. The van der Waals surface area contributed by atoms with Gasteiger partial charge in [-0.1, -0.05) is 0 Å². The Hall–Kier alpha value is -2.70. The first-order chi connectivity index (χ1) is 11.0. The van der Waals surface area contributed by atoms with Crippen LogP contribution in [0.15, 0.2) is 28.7 Å². The van der Waals surface area contributed by atoms with E-state index in [2.05, 4.69) is 10.2 Å². The third-order valence-electron chi connectivity index (χ3n) is 3.96. The number of benzene rings is 1. The Bertz CT molecular complexity index is 723. The van der Waals surface area contributed by atoms with Gasteiger partial charge in [-0.2, -0.15) is 0 Å². The highest BCUT2D eigenvalue weighted by atomic mass is 16.4. The molecule has 1 atom stereocenters. The number of carboxylic acid groups (broad SMARTS) is 1. The molecule has 1 unspecified atom stereocenters. The second-order valence-corrected chi connectivity index (χ2v) is 5.63. The topological polar surface area (TPSA) is 96.5 Å². The Balaban J connectivity index is 1.74. The predicted molar refractivity (Wildman–Crippen MR) is 80.7 cm³/mol. The van der Waals surface area contributed by atoms with Crippen LogP contribution in [0.5, 0.6) is 0 Å². The van der Waals surface area contributed by atoms with Crippen LogP contribution in [0.3, 0.4) is 0 Å². The molecule has 1 aromatic heterocycles. The molecular weight excluding hydrogens is 298 g/mol. The summed E-state index contributed by atoms with van der Waals surface area (Å²) in [7, 11) is 0. The molecule has 0 bridgehead atoms. The lowest BCUT2D eigenvalue weighted by Crippen LogP contribution is -2.42. The van der Waals surface area contributed by atoms with Crippen molar-refractivity contribution in [1.82, 2.24) is 15.1 Å². The number of aromatic nitrogens is 2. The van der Waals surface area contributed by atoms with Gasteiger partial charge in [0.05, 0.1) is 5.92 Å². The zero-order chi connectivity index (χ0) is 16.4. The number of aryl methyl sites for hydroxylation is 1. The summed E-state index contributed by atoms with van der Waals surface area (Å²) in [5.41, 5.74) is 1.26. The highest BCUT2D eigenvalue weighted by Crippen LogP contribution is 2.21. The van der Waals surface area contributed by atoms with Crippen molar-refractivity contribution in [2.45, 2.75) is 19.8 Å². The Labute approximate surface area is 132 Å². The zero-order valence-electron chi connectivity index (χ0n) is 12.7. The van der Waals surface area contributed by atoms with Gasteiger partial charge in [0.25, 0.3) is 5.91 Å². The maximum absolute atomic E-state index is 12.5. The second kappa shape index (κ2) is 6.20. The summed E-state index contributed by atoms with van der Waals surface area (Å²) in [6.07, 6.45) is 1.33. The van der Waals surface area contributed by atoms with Gasteiger partial charge in [0.15, 0.2) is 0 Å². The predicted octanol–water partition coefficient (Wildman–Crippen LogP) is 1.98. The Morgan fingerprint density at radius 2 is 2.00 bits per heavy atom. The normalized spacial score (nSPS) is 18.0. The first kappa shape index (κ1) is 15.2. The monoisotopic (exact) mass is 315 g/mol. The molecule has 120 valence electrons. The van der Waals surface area contributed by atoms with Gasteiger partial charge in [-0.05, 0) is 37.1 Å². The fraction of sp³-hybridized carbons (Fsp3) is 0.375. The summed E-state index contributed by atoms with van der Waals surface area (Å²) in [4.78, 5) is 25.2. The van der Waals surface area contributed by atoms with Crippen molar-refractivity contribution in [1.29, 1.82) is 0 Å². The van der Waals surface area contributed by atoms with Crippen LogP contribution < -0.4 is 0 Å². The van der Waals surface area contributed by atoms with Gasteiger partial charge < -0.3 is 14.4 Å². The van der Waals surface area contributed by atoms with Crippen LogP contribution in [0.1, 0.15) is 29.1 Å². The SMILES string of the molecule is Cc1nnc(-c2ccc(C(=O)N3CCCC(C(=O)O)C3)cc2)o1. The van der Waals surface area contributed by atoms with Crippen LogP contribution in [0.4, 0.5) is 0 Å². The molecule has 3 rings (SSSR count). The maximum atomic E-state index is 12.5. The molecule has 1 aromatic carbocycles. The first-order valence-corrected chi connectivity index (χ1v) is 7.47. The molecule has 1 N–H and O–H groups in total. The van der Waals surface area contributed by atoms with Crippen molar-refractivity contribution >= 4 is 11.9 Å². The summed E-state index contributed by atoms with van der Waals surface area (Å²) in [6, 6.07) is 6.89. The van der Waals surface area contributed by atoms with Crippen molar-refractivity contribution in [3.63, 3.8) is 0 Å². The van der Waals surface area contributed by atoms with E-state index in [9.17, 15) is 9.59 Å². The molecule has 2 heterocycles. The minimum Gasteiger partial charge on any atom is -0.481 e. The van der Waals surface area contributed by atoms with Crippen LogP contribution in [-0.4, -0.2) is 45.2 Å². The lowest BCUT2D eigenvalue weighted by atomic mass is 9.97. The number of aliphatic carboxylic acids is 1. The Morgan fingerprint density at radius 1 is 1.26 bits per heavy atom. The van der Waals surface area contributed by atoms with Gasteiger partial charge in [-0.15, -0.1) is 10.2 Å². The fourth-order valence-corrected chi connectivity index (χ4v) is 2.71. The van der Waals surface area contributed by atoms with Gasteiger partial charge in [0, 0.05) is 31.1 Å². The van der Waals surface area contributed by atoms with E-state index in [4.69, 9.17) is 9.52 Å². The number of carboxylic acids is 1. The van der Waals surface area contributed by atoms with Crippen LogP contribution in [0.2, 0.25) is 0 Å². The highest BCUT2D eigenvalue weighted by molar-refractivity contribution is 5.95. The number of hydrogen-bond acceptors (Lipinski definition) is 5. The largest absolute Gasteiger partial charge is 0.481 e. The van der Waals surface area contributed by atoms with Crippen molar-refractivity contribution in [3.8, 4) is 11.5 Å². The first-order valence-electron chi connectivity index (χ1n) is 7.47. The van der Waals surface area contributed by atoms with Gasteiger partial charge in [0.1, 0.15) is 0 Å². The smallest absolute Gasteiger partial charge is 0.308 e. The van der Waals surface area contributed by atoms with E-state index in [1.165, 1.54) is 0 Å². The van der Waals surface area contributed by atoms with E-state index in [-0.39, 0.29) is 12.5 Å². The molecule has 7 nitrogen and oxygen atoms in total. The highest BCUT2D eigenvalue weighted by Gasteiger charge is 2.28. The Kier molecular flexibility index (Phi) is 4.10. The van der Waals surface area contributed by atoms with E-state index in [1.807, 2.05) is 0 Å². The molecule has 0 radical (unpaired) electrons. The number of rotatable bonds is 3. The quantitative estimate of drug-likeness (QED) is 0.930.